The molecule has 180 valence electrons. The number of benzene rings is 1. The third-order valence-corrected chi connectivity index (χ3v) is 7.96. The van der Waals surface area contributed by atoms with Gasteiger partial charge >= 0.3 is 5.97 Å². The Hall–Kier alpha value is -3.66. The number of rotatable bonds is 5. The number of carbonyl (C=O) groups is 2. The maximum Gasteiger partial charge on any atom is 0.338 e. The van der Waals surface area contributed by atoms with Crippen LogP contribution in [-0.2, 0) is 17.8 Å². The second-order valence-electron chi connectivity index (χ2n) is 9.63. The molecule has 0 atom stereocenters. The van der Waals surface area contributed by atoms with Crippen molar-refractivity contribution in [3.05, 3.63) is 64.6 Å². The van der Waals surface area contributed by atoms with Gasteiger partial charge in [-0.1, -0.05) is 6.07 Å². The minimum atomic E-state index is -0.213. The van der Waals surface area contributed by atoms with Crippen LogP contribution in [0.1, 0.15) is 56.7 Å². The summed E-state index contributed by atoms with van der Waals surface area (Å²) in [4.78, 5) is 33.9. The first-order valence-corrected chi connectivity index (χ1v) is 12.1. The summed E-state index contributed by atoms with van der Waals surface area (Å²) in [6.45, 7) is 6.20. The van der Waals surface area contributed by atoms with Crippen molar-refractivity contribution in [2.75, 3.05) is 26.2 Å². The Bertz CT molecular complexity index is 1260. The van der Waals surface area contributed by atoms with Crippen LogP contribution in [0, 0.1) is 6.92 Å². The molecular weight excluding hydrogens is 446 g/mol. The van der Waals surface area contributed by atoms with Gasteiger partial charge in [0.05, 0.1) is 11.1 Å². The third-order valence-electron chi connectivity index (χ3n) is 7.96. The van der Waals surface area contributed by atoms with Gasteiger partial charge in [0.2, 0.25) is 0 Å². The molecule has 2 fully saturated rings. The van der Waals surface area contributed by atoms with Gasteiger partial charge in [-0.25, -0.2) is 9.78 Å². The number of likely N-dealkylation sites (tertiary alicyclic amines) is 2. The highest BCUT2D eigenvalue weighted by molar-refractivity contribution is 5.95. The predicted molar refractivity (Wildman–Crippen MR) is 125 cm³/mol. The molecular formula is C25H27N7O3. The summed E-state index contributed by atoms with van der Waals surface area (Å²) in [5.41, 5.74) is 4.76. The molecule has 6 rings (SSSR count). The van der Waals surface area contributed by atoms with Gasteiger partial charge in [0, 0.05) is 43.5 Å². The number of fused-ring (bicyclic) bond motifs is 1. The number of hydrogen-bond acceptors (Lipinski definition) is 8. The van der Waals surface area contributed by atoms with E-state index < -0.39 is 0 Å². The molecule has 1 aromatic carbocycles. The molecule has 1 spiro atoms. The van der Waals surface area contributed by atoms with Crippen molar-refractivity contribution in [1.29, 1.82) is 0 Å². The van der Waals surface area contributed by atoms with E-state index in [0.29, 0.717) is 23.6 Å². The van der Waals surface area contributed by atoms with E-state index in [1.807, 2.05) is 11.0 Å². The fourth-order valence-electron chi connectivity index (χ4n) is 5.59. The van der Waals surface area contributed by atoms with Gasteiger partial charge in [-0.05, 0) is 72.4 Å². The second-order valence-corrected chi connectivity index (χ2v) is 9.63. The Morgan fingerprint density at radius 3 is 2.63 bits per heavy atom. The molecule has 0 bridgehead atoms. The number of ether oxygens (including phenoxy) is 1. The van der Waals surface area contributed by atoms with E-state index >= 15 is 0 Å². The van der Waals surface area contributed by atoms with Crippen molar-refractivity contribution < 1.29 is 14.3 Å². The number of esters is 1. The topological polar surface area (TPSA) is 106 Å². The third kappa shape index (κ3) is 3.78. The van der Waals surface area contributed by atoms with Crippen LogP contribution in [0.4, 0.5) is 0 Å². The predicted octanol–water partition coefficient (Wildman–Crippen LogP) is 1.96. The first-order valence-electron chi connectivity index (χ1n) is 12.1. The average molecular weight is 474 g/mol. The molecule has 3 aliphatic rings. The van der Waals surface area contributed by atoms with Crippen molar-refractivity contribution in [3.8, 4) is 5.82 Å². The summed E-state index contributed by atoms with van der Waals surface area (Å²) in [5.74, 6) is 0.414. The Morgan fingerprint density at radius 2 is 1.94 bits per heavy atom. The number of cyclic esters (lactones) is 1. The number of amides is 1. The number of hydrogen-bond donors (Lipinski definition) is 0. The van der Waals surface area contributed by atoms with E-state index in [0.717, 1.165) is 57.4 Å². The second kappa shape index (κ2) is 8.53. The highest BCUT2D eigenvalue weighted by Crippen LogP contribution is 2.41. The lowest BCUT2D eigenvalue weighted by atomic mass is 9.76. The molecule has 0 unspecified atom stereocenters. The van der Waals surface area contributed by atoms with Crippen molar-refractivity contribution in [2.24, 2.45) is 0 Å². The molecule has 0 aliphatic carbocycles. The zero-order valence-electron chi connectivity index (χ0n) is 19.7. The summed E-state index contributed by atoms with van der Waals surface area (Å²) in [6.07, 6.45) is 7.06. The lowest BCUT2D eigenvalue weighted by Gasteiger charge is -2.56. The van der Waals surface area contributed by atoms with Crippen LogP contribution in [-0.4, -0.2) is 78.6 Å². The normalized spacial score (nSPS) is 18.9. The fraction of sp³-hybridized carbons (Fsp3) is 0.440. The molecule has 3 aliphatic heterocycles. The van der Waals surface area contributed by atoms with Crippen molar-refractivity contribution in [1.82, 2.24) is 35.0 Å². The van der Waals surface area contributed by atoms with E-state index in [9.17, 15) is 9.59 Å². The van der Waals surface area contributed by atoms with Crippen molar-refractivity contribution in [3.63, 3.8) is 0 Å². The van der Waals surface area contributed by atoms with Gasteiger partial charge in [0.1, 0.15) is 12.9 Å². The van der Waals surface area contributed by atoms with Gasteiger partial charge in [0.15, 0.2) is 5.82 Å². The molecule has 0 saturated carbocycles. The Balaban J connectivity index is 1.05. The maximum atomic E-state index is 13.2. The van der Waals surface area contributed by atoms with Gasteiger partial charge < -0.3 is 14.5 Å². The first-order chi connectivity index (χ1) is 17.0. The van der Waals surface area contributed by atoms with Gasteiger partial charge in [-0.2, -0.15) is 4.68 Å². The van der Waals surface area contributed by atoms with Crippen LogP contribution in [0.2, 0.25) is 0 Å². The molecule has 5 heterocycles. The lowest BCUT2D eigenvalue weighted by Crippen LogP contribution is -2.65. The number of aromatic nitrogens is 5. The summed E-state index contributed by atoms with van der Waals surface area (Å²) in [5, 5.41) is 11.1. The van der Waals surface area contributed by atoms with Crippen LogP contribution in [0.5, 0.6) is 0 Å². The van der Waals surface area contributed by atoms with Crippen LogP contribution >= 0.6 is 0 Å². The van der Waals surface area contributed by atoms with E-state index in [4.69, 9.17) is 4.74 Å². The zero-order chi connectivity index (χ0) is 24.0. The van der Waals surface area contributed by atoms with Crippen LogP contribution < -0.4 is 0 Å². The molecule has 0 radical (unpaired) electrons. The summed E-state index contributed by atoms with van der Waals surface area (Å²) >= 11 is 0. The van der Waals surface area contributed by atoms with Crippen molar-refractivity contribution in [2.45, 2.75) is 44.8 Å². The van der Waals surface area contributed by atoms with E-state index in [1.54, 1.807) is 18.3 Å². The highest BCUT2D eigenvalue weighted by atomic mass is 16.5. The Kier molecular flexibility index (Phi) is 5.32. The molecule has 3 aromatic rings. The van der Waals surface area contributed by atoms with E-state index in [1.165, 1.54) is 22.1 Å². The smallest absolute Gasteiger partial charge is 0.338 e. The summed E-state index contributed by atoms with van der Waals surface area (Å²) in [6, 6.07) is 7.53. The maximum absolute atomic E-state index is 13.2. The number of carbonyl (C=O) groups excluding carboxylic acids is 2. The number of tetrazole rings is 1. The standard InChI is InChI=1S/C25H27N7O3/c1-17-18(2-4-20-21(17)15-35-24(20)34)6-10-30-11-7-25(8-12-30)9-13-31(25)23(33)19-3-5-22(26-14-19)32-16-27-28-29-32/h2-5,14,16H,6-13,15H2,1H3. The Labute approximate surface area is 202 Å². The van der Waals surface area contributed by atoms with Gasteiger partial charge in [-0.3, -0.25) is 4.79 Å². The summed E-state index contributed by atoms with van der Waals surface area (Å²) < 4.78 is 6.65. The quantitative estimate of drug-likeness (QED) is 0.518. The minimum absolute atomic E-state index is 0.0384. The van der Waals surface area contributed by atoms with Crippen LogP contribution in [0.25, 0.3) is 5.82 Å². The van der Waals surface area contributed by atoms with Crippen LogP contribution in [0.15, 0.2) is 36.8 Å². The van der Waals surface area contributed by atoms with Gasteiger partial charge in [-0.15, -0.1) is 5.10 Å². The molecule has 2 aromatic heterocycles. The monoisotopic (exact) mass is 473 g/mol. The van der Waals surface area contributed by atoms with Gasteiger partial charge in [0.25, 0.3) is 5.91 Å². The van der Waals surface area contributed by atoms with Crippen molar-refractivity contribution >= 4 is 11.9 Å². The average Bonchev–Trinajstić information content (AvgIpc) is 3.54. The molecule has 2 saturated heterocycles. The number of piperidine rings is 1. The zero-order valence-corrected chi connectivity index (χ0v) is 19.7. The van der Waals surface area contributed by atoms with E-state index in [2.05, 4.69) is 38.4 Å². The minimum Gasteiger partial charge on any atom is -0.457 e. The lowest BCUT2D eigenvalue weighted by molar-refractivity contribution is -0.0384. The number of pyridine rings is 1. The highest BCUT2D eigenvalue weighted by Gasteiger charge is 2.48. The van der Waals surface area contributed by atoms with Crippen LogP contribution in [0.3, 0.4) is 0 Å². The molecule has 35 heavy (non-hydrogen) atoms. The first kappa shape index (κ1) is 21.8. The SMILES string of the molecule is Cc1c(CCN2CCC3(CC2)CCN3C(=O)c2ccc(-n3cnnn3)nc2)ccc2c1COC2=O. The number of nitrogens with zero attached hydrogens (tertiary/aromatic N) is 7. The summed E-state index contributed by atoms with van der Waals surface area (Å²) in [7, 11) is 0. The molecule has 0 N–H and O–H groups in total. The largest absolute Gasteiger partial charge is 0.457 e. The molecule has 10 nitrogen and oxygen atoms in total. The fourth-order valence-corrected chi connectivity index (χ4v) is 5.59. The molecule has 10 heteroatoms. The molecule has 1 amide bonds. The Morgan fingerprint density at radius 1 is 1.11 bits per heavy atom. The van der Waals surface area contributed by atoms with E-state index in [-0.39, 0.29) is 17.4 Å².